The zero-order valence-corrected chi connectivity index (χ0v) is 15.2. The molecular weight excluding hydrogens is 340 g/mol. The zero-order valence-electron chi connectivity index (χ0n) is 14.5. The standard InChI is InChI=1S/C20H25ClO4/c21-13-9-12(5-1-3-7-22-17-6-2-4-8-23-17)19-14(10-13)18-15(24-19)11-16-20(18)25-16/h9,15-17,20H,1-8,10-11H2/t15?,16-,17?,20-/m1/s1. The van der Waals surface area contributed by atoms with Crippen LogP contribution in [0.2, 0.25) is 0 Å². The third-order valence-corrected chi connectivity index (χ3v) is 6.06. The summed E-state index contributed by atoms with van der Waals surface area (Å²) in [5.41, 5.74) is 3.94. The third-order valence-electron chi connectivity index (χ3n) is 5.82. The van der Waals surface area contributed by atoms with Gasteiger partial charge in [-0.05, 0) is 50.2 Å². The summed E-state index contributed by atoms with van der Waals surface area (Å²) in [6.45, 7) is 1.60. The van der Waals surface area contributed by atoms with Gasteiger partial charge in [0.05, 0.1) is 6.10 Å². The fourth-order valence-electron chi connectivity index (χ4n) is 4.53. The van der Waals surface area contributed by atoms with Gasteiger partial charge in [0.1, 0.15) is 18.0 Å². The van der Waals surface area contributed by atoms with Crippen molar-refractivity contribution in [2.24, 2.45) is 0 Å². The molecule has 25 heavy (non-hydrogen) atoms. The van der Waals surface area contributed by atoms with E-state index in [1.807, 2.05) is 0 Å². The van der Waals surface area contributed by atoms with E-state index in [0.29, 0.717) is 12.2 Å². The quantitative estimate of drug-likeness (QED) is 0.519. The molecule has 1 saturated carbocycles. The zero-order chi connectivity index (χ0) is 16.8. The lowest BCUT2D eigenvalue weighted by atomic mass is 9.93. The Morgan fingerprint density at radius 1 is 1.24 bits per heavy atom. The van der Waals surface area contributed by atoms with Gasteiger partial charge < -0.3 is 18.9 Å². The minimum absolute atomic E-state index is 0.0140. The van der Waals surface area contributed by atoms with Crippen LogP contribution in [0.3, 0.4) is 0 Å². The Kier molecular flexibility index (Phi) is 4.41. The monoisotopic (exact) mass is 364 g/mol. The SMILES string of the molecule is ClC1=CC(CCCCOC2CCCCO2)=C2OC3C[C@H]4O[C@H]4C3=C2C1. The van der Waals surface area contributed by atoms with Crippen LogP contribution >= 0.6 is 11.6 Å². The molecule has 0 aromatic rings. The minimum atomic E-state index is 0.0140. The van der Waals surface area contributed by atoms with Gasteiger partial charge in [-0.3, -0.25) is 0 Å². The van der Waals surface area contributed by atoms with E-state index in [0.717, 1.165) is 69.0 Å². The van der Waals surface area contributed by atoms with Gasteiger partial charge in [-0.2, -0.15) is 0 Å². The molecule has 2 saturated heterocycles. The number of epoxide rings is 1. The van der Waals surface area contributed by atoms with E-state index in [1.165, 1.54) is 23.1 Å². The summed E-state index contributed by atoms with van der Waals surface area (Å²) < 4.78 is 23.4. The number of hydrogen-bond acceptors (Lipinski definition) is 4. The number of halogens is 1. The van der Waals surface area contributed by atoms with E-state index in [1.54, 1.807) is 0 Å². The molecule has 2 unspecified atom stereocenters. The van der Waals surface area contributed by atoms with Crippen molar-refractivity contribution < 1.29 is 18.9 Å². The van der Waals surface area contributed by atoms with Crippen molar-refractivity contribution >= 4 is 11.6 Å². The molecule has 0 N–H and O–H groups in total. The summed E-state index contributed by atoms with van der Waals surface area (Å²) >= 11 is 6.43. The Morgan fingerprint density at radius 3 is 3.08 bits per heavy atom. The second-order valence-electron chi connectivity index (χ2n) is 7.62. The summed E-state index contributed by atoms with van der Waals surface area (Å²) in [4.78, 5) is 0. The second-order valence-corrected chi connectivity index (χ2v) is 8.10. The summed E-state index contributed by atoms with van der Waals surface area (Å²) in [6, 6.07) is 0. The number of allylic oxidation sites excluding steroid dienone is 4. The van der Waals surface area contributed by atoms with Gasteiger partial charge in [0.2, 0.25) is 0 Å². The van der Waals surface area contributed by atoms with Gasteiger partial charge in [-0.1, -0.05) is 11.6 Å². The maximum Gasteiger partial charge on any atom is 0.157 e. The van der Waals surface area contributed by atoms with Crippen LogP contribution in [0.5, 0.6) is 0 Å². The van der Waals surface area contributed by atoms with Crippen LogP contribution in [0.15, 0.2) is 33.6 Å². The van der Waals surface area contributed by atoms with Gasteiger partial charge in [-0.25, -0.2) is 0 Å². The van der Waals surface area contributed by atoms with E-state index in [9.17, 15) is 0 Å². The summed E-state index contributed by atoms with van der Waals surface area (Å²) in [7, 11) is 0. The average molecular weight is 365 g/mol. The Bertz CT molecular complexity index is 644. The number of rotatable bonds is 6. The average Bonchev–Trinajstić information content (AvgIpc) is 3.13. The minimum Gasteiger partial charge on any atom is -0.485 e. The van der Waals surface area contributed by atoms with Crippen LogP contribution in [0.1, 0.15) is 51.4 Å². The molecule has 0 radical (unpaired) electrons. The lowest BCUT2D eigenvalue weighted by molar-refractivity contribution is -0.162. The largest absolute Gasteiger partial charge is 0.485 e. The fraction of sp³-hybridized carbons (Fsp3) is 0.700. The van der Waals surface area contributed by atoms with Crippen LogP contribution in [0.25, 0.3) is 0 Å². The smallest absolute Gasteiger partial charge is 0.157 e. The van der Waals surface area contributed by atoms with Crippen molar-refractivity contribution in [2.45, 2.75) is 76.0 Å². The number of ether oxygens (including phenoxy) is 4. The van der Waals surface area contributed by atoms with E-state index < -0.39 is 0 Å². The molecule has 3 fully saturated rings. The van der Waals surface area contributed by atoms with E-state index in [4.69, 9.17) is 30.5 Å². The molecule has 2 aliphatic carbocycles. The Labute approximate surface area is 153 Å². The van der Waals surface area contributed by atoms with Crippen molar-refractivity contribution in [1.82, 2.24) is 0 Å². The van der Waals surface area contributed by atoms with E-state index in [-0.39, 0.29) is 12.4 Å². The Balaban J connectivity index is 1.17. The van der Waals surface area contributed by atoms with Gasteiger partial charge >= 0.3 is 0 Å². The predicted molar refractivity (Wildman–Crippen MR) is 94.2 cm³/mol. The van der Waals surface area contributed by atoms with Crippen molar-refractivity contribution in [3.05, 3.63) is 33.6 Å². The highest BCUT2D eigenvalue weighted by atomic mass is 35.5. The Hall–Kier alpha value is -0.810. The van der Waals surface area contributed by atoms with Crippen LogP contribution in [0.4, 0.5) is 0 Å². The first-order chi connectivity index (χ1) is 12.3. The number of unbranched alkanes of at least 4 members (excludes halogenated alkanes) is 1. The molecule has 0 spiro atoms. The molecule has 5 aliphatic rings. The first-order valence-corrected chi connectivity index (χ1v) is 10.1. The molecule has 3 heterocycles. The molecule has 5 rings (SSSR count). The molecule has 136 valence electrons. The van der Waals surface area contributed by atoms with E-state index in [2.05, 4.69) is 6.08 Å². The van der Waals surface area contributed by atoms with Crippen molar-refractivity contribution in [2.75, 3.05) is 13.2 Å². The van der Waals surface area contributed by atoms with Crippen LogP contribution in [0, 0.1) is 0 Å². The van der Waals surface area contributed by atoms with Crippen molar-refractivity contribution in [3.8, 4) is 0 Å². The normalized spacial score (nSPS) is 36.0. The molecule has 0 amide bonds. The third kappa shape index (κ3) is 3.18. The highest BCUT2D eigenvalue weighted by Gasteiger charge is 2.57. The van der Waals surface area contributed by atoms with Gasteiger partial charge in [-0.15, -0.1) is 0 Å². The van der Waals surface area contributed by atoms with Gasteiger partial charge in [0.25, 0.3) is 0 Å². The fourth-order valence-corrected chi connectivity index (χ4v) is 4.79. The van der Waals surface area contributed by atoms with Crippen LogP contribution in [-0.2, 0) is 18.9 Å². The molecule has 4 atom stereocenters. The molecule has 5 heteroatoms. The lowest BCUT2D eigenvalue weighted by Gasteiger charge is -2.22. The van der Waals surface area contributed by atoms with Crippen LogP contribution < -0.4 is 0 Å². The highest BCUT2D eigenvalue weighted by molar-refractivity contribution is 6.30. The second kappa shape index (κ2) is 6.73. The predicted octanol–water partition coefficient (Wildman–Crippen LogP) is 4.35. The summed E-state index contributed by atoms with van der Waals surface area (Å²) in [5, 5.41) is 0.918. The molecular formula is C20H25ClO4. The molecule has 4 nitrogen and oxygen atoms in total. The topological polar surface area (TPSA) is 40.2 Å². The van der Waals surface area contributed by atoms with Crippen molar-refractivity contribution in [3.63, 3.8) is 0 Å². The van der Waals surface area contributed by atoms with Gasteiger partial charge in [0, 0.05) is 42.2 Å². The molecule has 0 aromatic heterocycles. The van der Waals surface area contributed by atoms with Gasteiger partial charge in [0.15, 0.2) is 6.29 Å². The summed E-state index contributed by atoms with van der Waals surface area (Å²) in [6.07, 6.45) is 11.4. The maximum absolute atomic E-state index is 6.43. The molecule has 0 bridgehead atoms. The number of hydrogen-bond donors (Lipinski definition) is 0. The lowest BCUT2D eigenvalue weighted by Crippen LogP contribution is -2.22. The number of fused-ring (bicyclic) bond motifs is 4. The van der Waals surface area contributed by atoms with E-state index >= 15 is 0 Å². The van der Waals surface area contributed by atoms with Crippen molar-refractivity contribution in [1.29, 1.82) is 0 Å². The highest BCUT2D eigenvalue weighted by Crippen LogP contribution is 2.54. The summed E-state index contributed by atoms with van der Waals surface area (Å²) in [5.74, 6) is 1.09. The first kappa shape index (κ1) is 16.4. The molecule has 0 aromatic carbocycles. The maximum atomic E-state index is 6.43. The first-order valence-electron chi connectivity index (χ1n) is 9.67. The molecule has 3 aliphatic heterocycles. The Morgan fingerprint density at radius 2 is 2.20 bits per heavy atom. The van der Waals surface area contributed by atoms with Crippen LogP contribution in [-0.4, -0.2) is 37.8 Å².